The summed E-state index contributed by atoms with van der Waals surface area (Å²) in [7, 11) is -3.59. The predicted octanol–water partition coefficient (Wildman–Crippen LogP) is 2.12. The highest BCUT2D eigenvalue weighted by Crippen LogP contribution is 2.30. The predicted molar refractivity (Wildman–Crippen MR) is 74.6 cm³/mol. The van der Waals surface area contributed by atoms with Gasteiger partial charge in [-0.2, -0.15) is 4.31 Å². The maximum Gasteiger partial charge on any atom is 0.244 e. The molecule has 1 aliphatic rings. The van der Waals surface area contributed by atoms with Gasteiger partial charge in [-0.05, 0) is 37.8 Å². The van der Waals surface area contributed by atoms with Gasteiger partial charge in [-0.1, -0.05) is 23.7 Å². The number of aliphatic hydroxyl groups excluding tert-OH is 1. The molecule has 2 atom stereocenters. The van der Waals surface area contributed by atoms with Crippen LogP contribution in [0.15, 0.2) is 29.2 Å². The van der Waals surface area contributed by atoms with Gasteiger partial charge in [0.05, 0.1) is 5.02 Å². The summed E-state index contributed by atoms with van der Waals surface area (Å²) in [5.74, 6) is 0.00784. The van der Waals surface area contributed by atoms with Crippen LogP contribution in [0.5, 0.6) is 0 Å². The summed E-state index contributed by atoms with van der Waals surface area (Å²) in [5, 5.41) is 9.48. The number of hydrogen-bond acceptors (Lipinski definition) is 3. The molecule has 1 fully saturated rings. The molecule has 0 bridgehead atoms. The molecular formula is C13H18ClNO3S. The Balaban J connectivity index is 2.36. The van der Waals surface area contributed by atoms with Crippen LogP contribution in [0.1, 0.15) is 19.8 Å². The molecule has 2 unspecified atom stereocenters. The summed E-state index contributed by atoms with van der Waals surface area (Å²) in [6.07, 6.45) is 1.61. The quantitative estimate of drug-likeness (QED) is 0.930. The zero-order chi connectivity index (χ0) is 14.0. The molecule has 1 heterocycles. The van der Waals surface area contributed by atoms with Gasteiger partial charge in [0.15, 0.2) is 0 Å². The van der Waals surface area contributed by atoms with E-state index < -0.39 is 10.0 Å². The number of sulfonamides is 1. The van der Waals surface area contributed by atoms with Gasteiger partial charge in [-0.25, -0.2) is 8.42 Å². The number of piperidine rings is 1. The first-order chi connectivity index (χ1) is 8.96. The molecule has 6 heteroatoms. The molecule has 4 nitrogen and oxygen atoms in total. The van der Waals surface area contributed by atoms with E-state index in [9.17, 15) is 13.5 Å². The average molecular weight is 304 g/mol. The van der Waals surface area contributed by atoms with Crippen molar-refractivity contribution in [2.45, 2.75) is 30.7 Å². The molecule has 1 aromatic carbocycles. The van der Waals surface area contributed by atoms with Crippen LogP contribution in [-0.4, -0.2) is 37.0 Å². The third kappa shape index (κ3) is 2.94. The minimum Gasteiger partial charge on any atom is -0.396 e. The van der Waals surface area contributed by atoms with Crippen molar-refractivity contribution in [3.8, 4) is 0 Å². The first-order valence-corrected chi connectivity index (χ1v) is 8.16. The van der Waals surface area contributed by atoms with E-state index in [1.54, 1.807) is 18.2 Å². The van der Waals surface area contributed by atoms with Crippen molar-refractivity contribution in [3.05, 3.63) is 29.3 Å². The third-order valence-corrected chi connectivity index (χ3v) is 6.08. The molecule has 1 aromatic rings. The second-order valence-corrected chi connectivity index (χ2v) is 7.25. The lowest BCUT2D eigenvalue weighted by Crippen LogP contribution is -2.46. The first kappa shape index (κ1) is 14.8. The monoisotopic (exact) mass is 303 g/mol. The molecule has 0 radical (unpaired) electrons. The van der Waals surface area contributed by atoms with Gasteiger partial charge >= 0.3 is 0 Å². The highest BCUT2D eigenvalue weighted by Gasteiger charge is 2.35. The van der Waals surface area contributed by atoms with Crippen molar-refractivity contribution in [3.63, 3.8) is 0 Å². The fraction of sp³-hybridized carbons (Fsp3) is 0.538. The Morgan fingerprint density at radius 1 is 1.37 bits per heavy atom. The Hall–Kier alpha value is -0.620. The number of benzene rings is 1. The zero-order valence-corrected chi connectivity index (χ0v) is 12.4. The topological polar surface area (TPSA) is 57.6 Å². The van der Waals surface area contributed by atoms with Crippen molar-refractivity contribution in [2.75, 3.05) is 13.2 Å². The summed E-state index contributed by atoms with van der Waals surface area (Å²) in [5.41, 5.74) is 0. The smallest absolute Gasteiger partial charge is 0.244 e. The number of halogens is 1. The van der Waals surface area contributed by atoms with Crippen molar-refractivity contribution >= 4 is 21.6 Å². The summed E-state index contributed by atoms with van der Waals surface area (Å²) in [6, 6.07) is 6.40. The molecule has 19 heavy (non-hydrogen) atoms. The molecule has 0 saturated carbocycles. The number of aliphatic hydroxyl groups is 1. The molecule has 2 rings (SSSR count). The van der Waals surface area contributed by atoms with Crippen LogP contribution in [0, 0.1) is 5.92 Å². The highest BCUT2D eigenvalue weighted by molar-refractivity contribution is 7.89. The summed E-state index contributed by atoms with van der Waals surface area (Å²) in [6.45, 7) is 2.26. The summed E-state index contributed by atoms with van der Waals surface area (Å²) in [4.78, 5) is 0.141. The molecule has 0 spiro atoms. The number of rotatable bonds is 3. The van der Waals surface area contributed by atoms with Gasteiger partial charge in [0.1, 0.15) is 4.90 Å². The molecule has 0 amide bonds. The first-order valence-electron chi connectivity index (χ1n) is 6.34. The van der Waals surface area contributed by atoms with E-state index in [2.05, 4.69) is 0 Å². The third-order valence-electron chi connectivity index (χ3n) is 3.60. The fourth-order valence-corrected chi connectivity index (χ4v) is 4.64. The van der Waals surface area contributed by atoms with Crippen LogP contribution >= 0.6 is 11.6 Å². The molecule has 106 valence electrons. The van der Waals surface area contributed by atoms with Gasteiger partial charge in [0.25, 0.3) is 0 Å². The minimum absolute atomic E-state index is 0.00784. The normalized spacial score (nSPS) is 25.4. The Labute approximate surface area is 119 Å². The van der Waals surface area contributed by atoms with Gasteiger partial charge in [0, 0.05) is 19.2 Å². The van der Waals surface area contributed by atoms with Gasteiger partial charge in [0.2, 0.25) is 10.0 Å². The van der Waals surface area contributed by atoms with Crippen LogP contribution < -0.4 is 0 Å². The Kier molecular flexibility index (Phi) is 4.50. The second-order valence-electron chi connectivity index (χ2n) is 4.98. The lowest BCUT2D eigenvalue weighted by molar-refractivity contribution is 0.139. The molecular weight excluding hydrogens is 286 g/mol. The standard InChI is InChI=1S/C13H18ClNO3S/c1-10-6-7-11(9-16)8-15(10)19(17,18)13-5-3-2-4-12(13)14/h2-5,10-11,16H,6-9H2,1H3. The van der Waals surface area contributed by atoms with Gasteiger partial charge in [-0.3, -0.25) is 0 Å². The lowest BCUT2D eigenvalue weighted by atomic mass is 9.96. The zero-order valence-electron chi connectivity index (χ0n) is 10.8. The van der Waals surface area contributed by atoms with E-state index in [0.29, 0.717) is 6.54 Å². The van der Waals surface area contributed by atoms with Crippen molar-refractivity contribution in [1.29, 1.82) is 0 Å². The Morgan fingerprint density at radius 3 is 2.68 bits per heavy atom. The van der Waals surface area contributed by atoms with Crippen molar-refractivity contribution in [2.24, 2.45) is 5.92 Å². The van der Waals surface area contributed by atoms with Crippen LogP contribution in [0.4, 0.5) is 0 Å². The molecule has 1 saturated heterocycles. The molecule has 0 aromatic heterocycles. The van der Waals surface area contributed by atoms with Crippen LogP contribution in [-0.2, 0) is 10.0 Å². The summed E-state index contributed by atoms with van der Waals surface area (Å²) >= 11 is 5.99. The van der Waals surface area contributed by atoms with E-state index in [4.69, 9.17) is 11.6 Å². The second kappa shape index (κ2) is 5.79. The van der Waals surface area contributed by atoms with Crippen LogP contribution in [0.3, 0.4) is 0 Å². The average Bonchev–Trinajstić information content (AvgIpc) is 2.39. The van der Waals surface area contributed by atoms with Crippen LogP contribution in [0.2, 0.25) is 5.02 Å². The highest BCUT2D eigenvalue weighted by atomic mass is 35.5. The largest absolute Gasteiger partial charge is 0.396 e. The molecule has 1 N–H and O–H groups in total. The van der Waals surface area contributed by atoms with E-state index >= 15 is 0 Å². The lowest BCUT2D eigenvalue weighted by Gasteiger charge is -2.36. The van der Waals surface area contributed by atoms with E-state index in [-0.39, 0.29) is 28.5 Å². The Morgan fingerprint density at radius 2 is 2.05 bits per heavy atom. The van der Waals surface area contributed by atoms with Crippen molar-refractivity contribution in [1.82, 2.24) is 4.31 Å². The number of hydrogen-bond donors (Lipinski definition) is 1. The van der Waals surface area contributed by atoms with Crippen LogP contribution in [0.25, 0.3) is 0 Å². The Bertz CT molecular complexity index is 547. The van der Waals surface area contributed by atoms with Gasteiger partial charge in [-0.15, -0.1) is 0 Å². The SMILES string of the molecule is CC1CCC(CO)CN1S(=O)(=O)c1ccccc1Cl. The minimum atomic E-state index is -3.59. The summed E-state index contributed by atoms with van der Waals surface area (Å²) < 4.78 is 26.7. The molecule has 1 aliphatic heterocycles. The maximum absolute atomic E-state index is 12.6. The molecule has 0 aliphatic carbocycles. The fourth-order valence-electron chi connectivity index (χ4n) is 2.41. The van der Waals surface area contributed by atoms with E-state index in [0.717, 1.165) is 12.8 Å². The maximum atomic E-state index is 12.6. The van der Waals surface area contributed by atoms with Crippen molar-refractivity contribution < 1.29 is 13.5 Å². The van der Waals surface area contributed by atoms with E-state index in [1.165, 1.54) is 10.4 Å². The number of nitrogens with zero attached hydrogens (tertiary/aromatic N) is 1. The van der Waals surface area contributed by atoms with E-state index in [1.807, 2.05) is 6.92 Å². The van der Waals surface area contributed by atoms with Gasteiger partial charge < -0.3 is 5.11 Å².